The largest absolute Gasteiger partial charge is 0.459 e. The molecule has 0 bridgehead atoms. The Morgan fingerprint density at radius 3 is 2.50 bits per heavy atom. The van der Waals surface area contributed by atoms with Crippen LogP contribution in [0, 0.1) is 5.82 Å². The molecule has 2 heterocycles. The Kier molecular flexibility index (Phi) is 6.40. The fourth-order valence-corrected chi connectivity index (χ4v) is 4.37. The van der Waals surface area contributed by atoms with Crippen LogP contribution in [0.5, 0.6) is 0 Å². The summed E-state index contributed by atoms with van der Waals surface area (Å²) in [7, 11) is 0. The summed E-state index contributed by atoms with van der Waals surface area (Å²) >= 11 is 6.20. The lowest BCUT2D eigenvalue weighted by Crippen LogP contribution is -2.38. The van der Waals surface area contributed by atoms with Gasteiger partial charge in [0.2, 0.25) is 0 Å². The van der Waals surface area contributed by atoms with Crippen LogP contribution in [0.4, 0.5) is 10.1 Å². The fourth-order valence-electron chi connectivity index (χ4n) is 4.20. The van der Waals surface area contributed by atoms with Crippen molar-refractivity contribution in [2.45, 2.75) is 19.5 Å². The van der Waals surface area contributed by atoms with Gasteiger partial charge in [0.05, 0.1) is 29.8 Å². The van der Waals surface area contributed by atoms with Crippen LogP contribution in [-0.2, 0) is 6.54 Å². The summed E-state index contributed by atoms with van der Waals surface area (Å²) < 4.78 is 20.7. The molecule has 0 radical (unpaired) electrons. The van der Waals surface area contributed by atoms with E-state index in [-0.39, 0.29) is 17.9 Å². The normalized spacial score (nSPS) is 12.0. The molecule has 0 aliphatic rings. The highest BCUT2D eigenvalue weighted by atomic mass is 35.5. The van der Waals surface area contributed by atoms with Crippen LogP contribution in [0.3, 0.4) is 0 Å². The molecule has 6 nitrogen and oxygen atoms in total. The molecule has 0 N–H and O–H groups in total. The summed E-state index contributed by atoms with van der Waals surface area (Å²) in [5, 5.41) is 0.854. The van der Waals surface area contributed by atoms with E-state index in [1.54, 1.807) is 41.8 Å². The number of hydrogen-bond acceptors (Lipinski definition) is 4. The van der Waals surface area contributed by atoms with Gasteiger partial charge in [-0.1, -0.05) is 41.9 Å². The number of furan rings is 1. The molecule has 2 aromatic heterocycles. The topological polar surface area (TPSA) is 68.3 Å². The van der Waals surface area contributed by atoms with Gasteiger partial charge in [0.25, 0.3) is 11.5 Å². The van der Waals surface area contributed by atoms with Crippen molar-refractivity contribution in [1.82, 2.24) is 9.55 Å². The minimum Gasteiger partial charge on any atom is -0.459 e. The smallest absolute Gasteiger partial charge is 0.294 e. The first kappa shape index (κ1) is 23.5. The summed E-state index contributed by atoms with van der Waals surface area (Å²) in [6.45, 7) is 2.01. The molecular weight excluding hydrogens is 481 g/mol. The van der Waals surface area contributed by atoms with Crippen LogP contribution in [0.1, 0.15) is 34.9 Å². The van der Waals surface area contributed by atoms with Crippen molar-refractivity contribution in [3.05, 3.63) is 130 Å². The van der Waals surface area contributed by atoms with Crippen molar-refractivity contribution in [2.75, 3.05) is 4.90 Å². The van der Waals surface area contributed by atoms with Gasteiger partial charge in [0, 0.05) is 10.7 Å². The highest BCUT2D eigenvalue weighted by Crippen LogP contribution is 2.29. The van der Waals surface area contributed by atoms with Crippen molar-refractivity contribution in [3.8, 4) is 0 Å². The highest BCUT2D eigenvalue weighted by molar-refractivity contribution is 6.31. The molecule has 1 amide bonds. The van der Waals surface area contributed by atoms with E-state index in [2.05, 4.69) is 0 Å². The third-order valence-corrected chi connectivity index (χ3v) is 6.18. The highest BCUT2D eigenvalue weighted by Gasteiger charge is 2.30. The van der Waals surface area contributed by atoms with E-state index in [0.717, 1.165) is 5.56 Å². The predicted octanol–water partition coefficient (Wildman–Crippen LogP) is 6.24. The Bertz CT molecular complexity index is 1580. The SMILES string of the molecule is CC(c1nc2cc(Cl)ccc2c(=O)n1Cc1ccccc1)N(C(=O)c1ccco1)c1ccc(F)cc1. The second-order valence-corrected chi connectivity index (χ2v) is 8.75. The zero-order valence-corrected chi connectivity index (χ0v) is 20.0. The minimum atomic E-state index is -0.729. The van der Waals surface area contributed by atoms with Gasteiger partial charge >= 0.3 is 0 Å². The van der Waals surface area contributed by atoms with Crippen LogP contribution in [0.2, 0.25) is 5.02 Å². The Hall–Kier alpha value is -4.23. The quantitative estimate of drug-likeness (QED) is 0.276. The first-order valence-corrected chi connectivity index (χ1v) is 11.7. The second-order valence-electron chi connectivity index (χ2n) is 8.31. The van der Waals surface area contributed by atoms with Gasteiger partial charge in [-0.05, 0) is 67.1 Å². The van der Waals surface area contributed by atoms with E-state index >= 15 is 0 Å². The summed E-state index contributed by atoms with van der Waals surface area (Å²) in [5.41, 5.74) is 1.49. The Morgan fingerprint density at radius 1 is 1.06 bits per heavy atom. The van der Waals surface area contributed by atoms with Gasteiger partial charge in [0.1, 0.15) is 11.6 Å². The maximum Gasteiger partial charge on any atom is 0.294 e. The molecule has 1 atom stereocenters. The van der Waals surface area contributed by atoms with E-state index in [0.29, 0.717) is 27.4 Å². The summed E-state index contributed by atoms with van der Waals surface area (Å²) in [5.74, 6) is -0.433. The van der Waals surface area contributed by atoms with Crippen molar-refractivity contribution < 1.29 is 13.6 Å². The number of fused-ring (bicyclic) bond motifs is 1. The third-order valence-electron chi connectivity index (χ3n) is 5.95. The van der Waals surface area contributed by atoms with E-state index in [1.807, 2.05) is 30.3 Å². The average Bonchev–Trinajstić information content (AvgIpc) is 3.42. The van der Waals surface area contributed by atoms with E-state index < -0.39 is 17.8 Å². The number of halogens is 2. The number of carbonyl (C=O) groups is 1. The van der Waals surface area contributed by atoms with Gasteiger partial charge in [-0.2, -0.15) is 0 Å². The van der Waals surface area contributed by atoms with Gasteiger partial charge in [-0.3, -0.25) is 19.1 Å². The molecule has 0 saturated carbocycles. The van der Waals surface area contributed by atoms with Crippen LogP contribution in [-0.4, -0.2) is 15.5 Å². The monoisotopic (exact) mass is 501 g/mol. The molecule has 8 heteroatoms. The minimum absolute atomic E-state index is 0.104. The lowest BCUT2D eigenvalue weighted by molar-refractivity contribution is 0.0949. The average molecular weight is 502 g/mol. The van der Waals surface area contributed by atoms with Gasteiger partial charge < -0.3 is 4.42 Å². The zero-order chi connectivity index (χ0) is 25.2. The van der Waals surface area contributed by atoms with Crippen LogP contribution < -0.4 is 10.5 Å². The fraction of sp³-hybridized carbons (Fsp3) is 0.107. The maximum atomic E-state index is 13.7. The number of amides is 1. The predicted molar refractivity (Wildman–Crippen MR) is 137 cm³/mol. The molecule has 0 fully saturated rings. The molecule has 0 saturated heterocycles. The van der Waals surface area contributed by atoms with Crippen molar-refractivity contribution in [1.29, 1.82) is 0 Å². The zero-order valence-electron chi connectivity index (χ0n) is 19.3. The molecule has 5 rings (SSSR count). The van der Waals surface area contributed by atoms with Crippen LogP contribution >= 0.6 is 11.6 Å². The number of hydrogen-bond donors (Lipinski definition) is 0. The molecular formula is C28H21ClFN3O3. The van der Waals surface area contributed by atoms with Crippen LogP contribution in [0.15, 0.2) is 100 Å². The number of anilines is 1. The van der Waals surface area contributed by atoms with Crippen LogP contribution in [0.25, 0.3) is 10.9 Å². The summed E-state index contributed by atoms with van der Waals surface area (Å²) in [4.78, 5) is 33.5. The third kappa shape index (κ3) is 4.53. The Morgan fingerprint density at radius 2 is 1.81 bits per heavy atom. The molecule has 180 valence electrons. The number of aromatic nitrogens is 2. The first-order valence-electron chi connectivity index (χ1n) is 11.3. The molecule has 1 unspecified atom stereocenters. The van der Waals surface area contributed by atoms with E-state index in [9.17, 15) is 14.0 Å². The standard InChI is InChI=1S/C28H21ClFN3O3/c1-18(33(22-12-10-21(30)11-13-22)28(35)25-8-5-15-36-25)26-31-24-16-20(29)9-14-23(24)27(34)32(26)17-19-6-3-2-4-7-19/h2-16,18H,17H2,1H3. The molecule has 0 aliphatic heterocycles. The second kappa shape index (κ2) is 9.79. The molecule has 0 spiro atoms. The molecule has 0 aliphatic carbocycles. The number of rotatable bonds is 6. The molecule has 5 aromatic rings. The lowest BCUT2D eigenvalue weighted by Gasteiger charge is -2.30. The Balaban J connectivity index is 1.71. The number of carbonyl (C=O) groups excluding carboxylic acids is 1. The summed E-state index contributed by atoms with van der Waals surface area (Å²) in [6.07, 6.45) is 1.41. The number of benzene rings is 3. The van der Waals surface area contributed by atoms with Gasteiger partial charge in [-0.15, -0.1) is 0 Å². The van der Waals surface area contributed by atoms with E-state index in [4.69, 9.17) is 21.0 Å². The Labute approximate surface area is 211 Å². The summed E-state index contributed by atoms with van der Waals surface area (Å²) in [6, 6.07) is 22.4. The van der Waals surface area contributed by atoms with E-state index in [1.165, 1.54) is 35.4 Å². The van der Waals surface area contributed by atoms with Gasteiger partial charge in [0.15, 0.2) is 5.76 Å². The first-order chi connectivity index (χ1) is 17.4. The lowest BCUT2D eigenvalue weighted by atomic mass is 10.1. The van der Waals surface area contributed by atoms with Gasteiger partial charge in [-0.25, -0.2) is 9.37 Å². The number of nitrogens with zero attached hydrogens (tertiary/aromatic N) is 3. The van der Waals surface area contributed by atoms with Crippen molar-refractivity contribution in [3.63, 3.8) is 0 Å². The van der Waals surface area contributed by atoms with Crippen molar-refractivity contribution in [2.24, 2.45) is 0 Å². The molecule has 36 heavy (non-hydrogen) atoms. The van der Waals surface area contributed by atoms with Crippen molar-refractivity contribution >= 4 is 34.1 Å². The maximum absolute atomic E-state index is 13.7. The molecule has 3 aromatic carbocycles.